The monoisotopic (exact) mass is 446 g/mol. The first kappa shape index (κ1) is 23.0. The first-order valence-corrected chi connectivity index (χ1v) is 10.6. The lowest BCUT2D eigenvalue weighted by Crippen LogP contribution is -2.58. The largest absolute Gasteiger partial charge is 0.493 e. The number of ether oxygens (including phenoxy) is 6. The van der Waals surface area contributed by atoms with Gasteiger partial charge in [-0.1, -0.05) is 24.3 Å². The highest BCUT2D eigenvalue weighted by Crippen LogP contribution is 2.40. The van der Waals surface area contributed by atoms with Gasteiger partial charge in [0.1, 0.15) is 24.4 Å². The van der Waals surface area contributed by atoms with Crippen molar-refractivity contribution in [2.45, 2.75) is 50.8 Å². The number of fused-ring (bicyclic) bond motifs is 1. The summed E-state index contributed by atoms with van der Waals surface area (Å²) in [5, 5.41) is 20.2. The van der Waals surface area contributed by atoms with E-state index >= 15 is 0 Å². The van der Waals surface area contributed by atoms with Crippen LogP contribution in [0.3, 0.4) is 0 Å². The number of aliphatic hydroxyl groups excluding tert-OH is 2. The molecule has 2 aromatic rings. The zero-order chi connectivity index (χ0) is 22.8. The van der Waals surface area contributed by atoms with Crippen molar-refractivity contribution in [3.8, 4) is 11.5 Å². The molecule has 0 spiro atoms. The van der Waals surface area contributed by atoms with Crippen molar-refractivity contribution in [2.24, 2.45) is 0 Å². The van der Waals surface area contributed by atoms with Crippen molar-refractivity contribution in [3.63, 3.8) is 0 Å². The number of hydrogen-bond acceptors (Lipinski definition) is 8. The topological polar surface area (TPSA) is 95.8 Å². The fourth-order valence-electron chi connectivity index (χ4n) is 4.02. The van der Waals surface area contributed by atoms with Crippen LogP contribution in [0.25, 0.3) is 0 Å². The van der Waals surface area contributed by atoms with E-state index in [1.54, 1.807) is 32.4 Å². The molecular formula is C24H30O8. The molecule has 6 unspecified atom stereocenters. The van der Waals surface area contributed by atoms with E-state index in [0.29, 0.717) is 17.1 Å². The predicted molar refractivity (Wildman–Crippen MR) is 115 cm³/mol. The second-order valence-corrected chi connectivity index (χ2v) is 8.08. The summed E-state index contributed by atoms with van der Waals surface area (Å²) in [6, 6.07) is 11.3. The van der Waals surface area contributed by atoms with E-state index in [4.69, 9.17) is 28.4 Å². The molecule has 2 fully saturated rings. The van der Waals surface area contributed by atoms with Crippen LogP contribution in [0.1, 0.15) is 34.8 Å². The van der Waals surface area contributed by atoms with Crippen LogP contribution in [0.2, 0.25) is 0 Å². The van der Waals surface area contributed by atoms with E-state index in [-0.39, 0.29) is 6.61 Å². The SMILES string of the molecule is COc1ccc(C2OC3COC(c4ccc(C)c(C)c4)OC3C(C(O)CO)O2)cc1OC. The summed E-state index contributed by atoms with van der Waals surface area (Å²) in [6.45, 7) is 3.86. The van der Waals surface area contributed by atoms with Gasteiger partial charge in [0.05, 0.1) is 27.4 Å². The minimum atomic E-state index is -1.15. The Balaban J connectivity index is 1.57. The first-order valence-electron chi connectivity index (χ1n) is 10.6. The second kappa shape index (κ2) is 9.74. The van der Waals surface area contributed by atoms with Crippen molar-refractivity contribution in [2.75, 3.05) is 27.4 Å². The summed E-state index contributed by atoms with van der Waals surface area (Å²) >= 11 is 0. The molecule has 2 N–H and O–H groups in total. The standard InChI is InChI=1S/C24H30O8/c1-13-5-6-15(9-14(13)2)23-29-12-20-22(32-23)21(17(26)11-25)31-24(30-20)16-7-8-18(27-3)19(10-16)28-4/h5-10,17,20-26H,11-12H2,1-4H3. The van der Waals surface area contributed by atoms with E-state index in [1.165, 1.54) is 5.56 Å². The Hall–Kier alpha value is -2.20. The van der Waals surface area contributed by atoms with Crippen LogP contribution >= 0.6 is 0 Å². The highest BCUT2D eigenvalue weighted by atomic mass is 16.8. The molecule has 0 aromatic heterocycles. The maximum absolute atomic E-state index is 10.5. The van der Waals surface area contributed by atoms with Crippen molar-refractivity contribution in [1.82, 2.24) is 0 Å². The molecule has 2 saturated heterocycles. The number of benzene rings is 2. The summed E-state index contributed by atoms with van der Waals surface area (Å²) in [5.74, 6) is 1.11. The van der Waals surface area contributed by atoms with Crippen LogP contribution in [0, 0.1) is 13.8 Å². The molecule has 0 aliphatic carbocycles. The summed E-state index contributed by atoms with van der Waals surface area (Å²) in [4.78, 5) is 0. The molecular weight excluding hydrogens is 416 g/mol. The van der Waals surface area contributed by atoms with E-state index in [9.17, 15) is 10.2 Å². The Labute approximate surface area is 187 Å². The molecule has 4 rings (SSSR count). The highest BCUT2D eigenvalue weighted by molar-refractivity contribution is 5.43. The van der Waals surface area contributed by atoms with E-state index < -0.39 is 43.6 Å². The van der Waals surface area contributed by atoms with Crippen molar-refractivity contribution < 1.29 is 38.6 Å². The molecule has 8 nitrogen and oxygen atoms in total. The lowest BCUT2D eigenvalue weighted by Gasteiger charge is -2.47. The maximum atomic E-state index is 10.5. The smallest absolute Gasteiger partial charge is 0.185 e. The van der Waals surface area contributed by atoms with Gasteiger partial charge in [0.25, 0.3) is 0 Å². The van der Waals surface area contributed by atoms with E-state index in [1.807, 2.05) is 32.0 Å². The average Bonchev–Trinajstić information content (AvgIpc) is 2.83. The molecule has 174 valence electrons. The van der Waals surface area contributed by atoms with Crippen LogP contribution in [0.5, 0.6) is 11.5 Å². The van der Waals surface area contributed by atoms with Crippen molar-refractivity contribution >= 4 is 0 Å². The quantitative estimate of drug-likeness (QED) is 0.699. The number of rotatable bonds is 6. The third-order valence-corrected chi connectivity index (χ3v) is 6.01. The Kier molecular flexibility index (Phi) is 6.99. The summed E-state index contributed by atoms with van der Waals surface area (Å²) < 4.78 is 35.0. The van der Waals surface area contributed by atoms with Crippen LogP contribution in [0.15, 0.2) is 36.4 Å². The summed E-state index contributed by atoms with van der Waals surface area (Å²) in [7, 11) is 3.11. The van der Waals surface area contributed by atoms with Crippen LogP contribution in [-0.4, -0.2) is 62.1 Å². The zero-order valence-electron chi connectivity index (χ0n) is 18.7. The van der Waals surface area contributed by atoms with Crippen LogP contribution in [-0.2, 0) is 18.9 Å². The third kappa shape index (κ3) is 4.47. The van der Waals surface area contributed by atoms with Crippen molar-refractivity contribution in [3.05, 3.63) is 58.7 Å². The number of aliphatic hydroxyl groups is 2. The number of aryl methyl sites for hydroxylation is 2. The molecule has 0 bridgehead atoms. The molecule has 2 aliphatic rings. The lowest BCUT2D eigenvalue weighted by molar-refractivity contribution is -0.373. The van der Waals surface area contributed by atoms with Gasteiger partial charge >= 0.3 is 0 Å². The van der Waals surface area contributed by atoms with Gasteiger partial charge in [-0.3, -0.25) is 0 Å². The minimum Gasteiger partial charge on any atom is -0.493 e. The molecule has 0 saturated carbocycles. The predicted octanol–water partition coefficient (Wildman–Crippen LogP) is 2.57. The van der Waals surface area contributed by atoms with Gasteiger partial charge in [-0.15, -0.1) is 0 Å². The Bertz CT molecular complexity index is 932. The molecule has 2 heterocycles. The van der Waals surface area contributed by atoms with Crippen molar-refractivity contribution in [1.29, 1.82) is 0 Å². The average molecular weight is 446 g/mol. The Morgan fingerprint density at radius 3 is 2.31 bits per heavy atom. The van der Waals surface area contributed by atoms with Crippen LogP contribution in [0.4, 0.5) is 0 Å². The van der Waals surface area contributed by atoms with Gasteiger partial charge in [0.2, 0.25) is 0 Å². The molecule has 0 radical (unpaired) electrons. The minimum absolute atomic E-state index is 0.254. The van der Waals surface area contributed by atoms with E-state index in [2.05, 4.69) is 0 Å². The zero-order valence-corrected chi connectivity index (χ0v) is 18.7. The molecule has 32 heavy (non-hydrogen) atoms. The van der Waals surface area contributed by atoms with Gasteiger partial charge in [-0.2, -0.15) is 0 Å². The number of methoxy groups -OCH3 is 2. The molecule has 2 aromatic carbocycles. The molecule has 0 amide bonds. The normalized spacial score (nSPS) is 28.6. The molecule has 2 aliphatic heterocycles. The van der Waals surface area contributed by atoms with Gasteiger partial charge < -0.3 is 38.6 Å². The van der Waals surface area contributed by atoms with Crippen LogP contribution < -0.4 is 9.47 Å². The summed E-state index contributed by atoms with van der Waals surface area (Å²) in [5.41, 5.74) is 3.88. The third-order valence-electron chi connectivity index (χ3n) is 6.01. The fraction of sp³-hybridized carbons (Fsp3) is 0.500. The maximum Gasteiger partial charge on any atom is 0.185 e. The lowest BCUT2D eigenvalue weighted by atomic mass is 9.99. The van der Waals surface area contributed by atoms with Gasteiger partial charge in [-0.25, -0.2) is 0 Å². The van der Waals surface area contributed by atoms with Gasteiger partial charge in [0.15, 0.2) is 24.1 Å². The first-order chi connectivity index (χ1) is 15.4. The summed E-state index contributed by atoms with van der Waals surface area (Å²) in [6.07, 6.45) is -4.48. The molecule has 6 atom stereocenters. The second-order valence-electron chi connectivity index (χ2n) is 8.08. The highest BCUT2D eigenvalue weighted by Gasteiger charge is 2.48. The van der Waals surface area contributed by atoms with Gasteiger partial charge in [-0.05, 0) is 37.1 Å². The Morgan fingerprint density at radius 1 is 0.906 bits per heavy atom. The molecule has 8 heteroatoms. The number of hydrogen-bond donors (Lipinski definition) is 2. The van der Waals surface area contributed by atoms with Gasteiger partial charge in [0, 0.05) is 11.1 Å². The van der Waals surface area contributed by atoms with E-state index in [0.717, 1.165) is 11.1 Å². The Morgan fingerprint density at radius 2 is 1.62 bits per heavy atom. The fourth-order valence-corrected chi connectivity index (χ4v) is 4.02.